The lowest BCUT2D eigenvalue weighted by molar-refractivity contribution is 0.0956. The van der Waals surface area contributed by atoms with Crippen LogP contribution in [-0.2, 0) is 0 Å². The maximum Gasteiger partial charge on any atom is 0.251 e. The third kappa shape index (κ3) is 3.36. The Hall–Kier alpha value is -3.01. The number of ether oxygens (including phenoxy) is 2. The van der Waals surface area contributed by atoms with E-state index >= 15 is 0 Å². The number of benzene rings is 3. The molecule has 0 radical (unpaired) electrons. The van der Waals surface area contributed by atoms with Gasteiger partial charge in [0.15, 0.2) is 11.5 Å². The molecule has 26 heavy (non-hydrogen) atoms. The summed E-state index contributed by atoms with van der Waals surface area (Å²) in [7, 11) is 3.23. The highest BCUT2D eigenvalue weighted by Crippen LogP contribution is 2.38. The number of nitrogens with one attached hydrogen (secondary N) is 1. The van der Waals surface area contributed by atoms with Crippen LogP contribution in [0.5, 0.6) is 11.5 Å². The molecule has 0 saturated heterocycles. The van der Waals surface area contributed by atoms with E-state index in [1.165, 1.54) is 5.56 Å². The van der Waals surface area contributed by atoms with Gasteiger partial charge in [0.1, 0.15) is 0 Å². The Bertz CT molecular complexity index is 946. The van der Waals surface area contributed by atoms with E-state index in [1.54, 1.807) is 14.2 Å². The van der Waals surface area contributed by atoms with Crippen LogP contribution in [-0.4, -0.2) is 26.7 Å². The Balaban J connectivity index is 2.30. The summed E-state index contributed by atoms with van der Waals surface area (Å²) in [4.78, 5) is 12.4. The zero-order valence-corrected chi connectivity index (χ0v) is 15.6. The van der Waals surface area contributed by atoms with Crippen LogP contribution in [0.25, 0.3) is 21.9 Å². The van der Waals surface area contributed by atoms with E-state index in [9.17, 15) is 4.79 Å². The third-order valence-electron chi connectivity index (χ3n) is 4.42. The third-order valence-corrected chi connectivity index (χ3v) is 4.42. The molecule has 3 rings (SSSR count). The summed E-state index contributed by atoms with van der Waals surface area (Å²) in [6, 6.07) is 16.0. The van der Waals surface area contributed by atoms with E-state index in [2.05, 4.69) is 36.5 Å². The lowest BCUT2D eigenvalue weighted by atomic mass is 9.94. The average molecular weight is 349 g/mol. The number of hydrogen-bond donors (Lipinski definition) is 1. The van der Waals surface area contributed by atoms with Crippen LogP contribution in [0.3, 0.4) is 0 Å². The summed E-state index contributed by atoms with van der Waals surface area (Å²) in [5, 5.41) is 4.82. The molecule has 0 atom stereocenters. The molecule has 0 bridgehead atoms. The van der Waals surface area contributed by atoms with Crippen LogP contribution in [0.4, 0.5) is 0 Å². The van der Waals surface area contributed by atoms with Gasteiger partial charge in [-0.2, -0.15) is 0 Å². The van der Waals surface area contributed by atoms with Gasteiger partial charge in [0.05, 0.1) is 14.2 Å². The van der Waals surface area contributed by atoms with Crippen LogP contribution in [0.2, 0.25) is 0 Å². The van der Waals surface area contributed by atoms with Gasteiger partial charge in [-0.3, -0.25) is 4.79 Å². The van der Waals surface area contributed by atoms with Gasteiger partial charge in [-0.15, -0.1) is 0 Å². The Morgan fingerprint density at radius 2 is 1.62 bits per heavy atom. The first-order chi connectivity index (χ1) is 12.6. The summed E-state index contributed by atoms with van der Waals surface area (Å²) < 4.78 is 10.9. The standard InChI is InChI=1S/C22H23NO3/c1-5-23-22(24)17-10-16-12-20(25-3)21(26-4)13-19(16)18(11-17)15-8-6-14(2)7-9-15/h6-13H,5H2,1-4H3,(H,23,24). The van der Waals surface area contributed by atoms with Crippen LogP contribution < -0.4 is 14.8 Å². The maximum absolute atomic E-state index is 12.4. The molecule has 3 aromatic rings. The van der Waals surface area contributed by atoms with E-state index in [-0.39, 0.29) is 5.91 Å². The number of carbonyl (C=O) groups excluding carboxylic acids is 1. The summed E-state index contributed by atoms with van der Waals surface area (Å²) in [6.07, 6.45) is 0. The molecule has 0 fully saturated rings. The molecule has 4 heteroatoms. The first kappa shape index (κ1) is 17.8. The second-order valence-electron chi connectivity index (χ2n) is 6.18. The van der Waals surface area contributed by atoms with Gasteiger partial charge in [0.2, 0.25) is 0 Å². The fourth-order valence-corrected chi connectivity index (χ4v) is 3.06. The highest BCUT2D eigenvalue weighted by molar-refractivity contribution is 6.05. The van der Waals surface area contributed by atoms with Crippen molar-refractivity contribution in [1.82, 2.24) is 5.32 Å². The molecular weight excluding hydrogens is 326 g/mol. The predicted molar refractivity (Wildman–Crippen MR) is 105 cm³/mol. The number of amides is 1. The number of fused-ring (bicyclic) bond motifs is 1. The first-order valence-corrected chi connectivity index (χ1v) is 8.62. The van der Waals surface area contributed by atoms with Crippen LogP contribution in [0, 0.1) is 6.92 Å². The van der Waals surface area contributed by atoms with E-state index < -0.39 is 0 Å². The molecular formula is C22H23NO3. The van der Waals surface area contributed by atoms with Crippen LogP contribution >= 0.6 is 0 Å². The number of rotatable bonds is 5. The fourth-order valence-electron chi connectivity index (χ4n) is 3.06. The minimum atomic E-state index is -0.0856. The van der Waals surface area contributed by atoms with Crippen LogP contribution in [0.15, 0.2) is 48.5 Å². The van der Waals surface area contributed by atoms with Crippen molar-refractivity contribution in [3.05, 3.63) is 59.7 Å². The van der Waals surface area contributed by atoms with Gasteiger partial charge < -0.3 is 14.8 Å². The molecule has 3 aromatic carbocycles. The van der Waals surface area contributed by atoms with Gasteiger partial charge in [0, 0.05) is 12.1 Å². The quantitative estimate of drug-likeness (QED) is 0.733. The van der Waals surface area contributed by atoms with Gasteiger partial charge in [-0.05, 0) is 60.0 Å². The van der Waals surface area contributed by atoms with Crippen molar-refractivity contribution < 1.29 is 14.3 Å². The molecule has 4 nitrogen and oxygen atoms in total. The molecule has 0 unspecified atom stereocenters. The Kier molecular flexibility index (Phi) is 5.12. The van der Waals surface area contributed by atoms with Gasteiger partial charge in [0.25, 0.3) is 5.91 Å². The fraction of sp³-hybridized carbons (Fsp3) is 0.227. The van der Waals surface area contributed by atoms with Crippen molar-refractivity contribution in [3.8, 4) is 22.6 Å². The summed E-state index contributed by atoms with van der Waals surface area (Å²) >= 11 is 0. The van der Waals surface area contributed by atoms with E-state index in [0.29, 0.717) is 23.6 Å². The molecule has 0 heterocycles. The molecule has 0 aromatic heterocycles. The first-order valence-electron chi connectivity index (χ1n) is 8.62. The normalized spacial score (nSPS) is 10.6. The molecule has 0 aliphatic carbocycles. The number of hydrogen-bond acceptors (Lipinski definition) is 3. The average Bonchev–Trinajstić information content (AvgIpc) is 2.66. The zero-order valence-electron chi connectivity index (χ0n) is 15.6. The van der Waals surface area contributed by atoms with Crippen molar-refractivity contribution in [1.29, 1.82) is 0 Å². The SMILES string of the molecule is CCNC(=O)c1cc(-c2ccc(C)cc2)c2cc(OC)c(OC)cc2c1. The second kappa shape index (κ2) is 7.48. The Morgan fingerprint density at radius 3 is 2.23 bits per heavy atom. The summed E-state index contributed by atoms with van der Waals surface area (Å²) in [6.45, 7) is 4.55. The molecule has 0 aliphatic rings. The summed E-state index contributed by atoms with van der Waals surface area (Å²) in [5.41, 5.74) is 3.86. The van der Waals surface area contributed by atoms with Crippen LogP contribution in [0.1, 0.15) is 22.8 Å². The van der Waals surface area contributed by atoms with Gasteiger partial charge in [-0.1, -0.05) is 29.8 Å². The lowest BCUT2D eigenvalue weighted by Gasteiger charge is -2.14. The largest absolute Gasteiger partial charge is 0.493 e. The molecule has 0 aliphatic heterocycles. The van der Waals surface area contributed by atoms with Gasteiger partial charge in [-0.25, -0.2) is 0 Å². The number of carbonyl (C=O) groups is 1. The van der Waals surface area contributed by atoms with Crippen molar-refractivity contribution in [2.45, 2.75) is 13.8 Å². The predicted octanol–water partition coefficient (Wildman–Crippen LogP) is 4.58. The van der Waals surface area contributed by atoms with Crippen molar-refractivity contribution in [3.63, 3.8) is 0 Å². The summed E-state index contributed by atoms with van der Waals surface area (Å²) in [5.74, 6) is 1.22. The zero-order chi connectivity index (χ0) is 18.7. The monoisotopic (exact) mass is 349 g/mol. The molecule has 1 N–H and O–H groups in total. The molecule has 0 saturated carbocycles. The van der Waals surface area contributed by atoms with E-state index in [0.717, 1.165) is 21.9 Å². The number of methoxy groups -OCH3 is 2. The second-order valence-corrected chi connectivity index (χ2v) is 6.18. The van der Waals surface area contributed by atoms with Crippen molar-refractivity contribution >= 4 is 16.7 Å². The van der Waals surface area contributed by atoms with Crippen molar-refractivity contribution in [2.75, 3.05) is 20.8 Å². The minimum Gasteiger partial charge on any atom is -0.493 e. The van der Waals surface area contributed by atoms with E-state index in [1.807, 2.05) is 31.2 Å². The number of aryl methyl sites for hydroxylation is 1. The topological polar surface area (TPSA) is 47.6 Å². The highest BCUT2D eigenvalue weighted by atomic mass is 16.5. The van der Waals surface area contributed by atoms with E-state index in [4.69, 9.17) is 9.47 Å². The smallest absolute Gasteiger partial charge is 0.251 e. The molecule has 1 amide bonds. The minimum absolute atomic E-state index is 0.0856. The Morgan fingerprint density at radius 1 is 0.962 bits per heavy atom. The molecule has 134 valence electrons. The van der Waals surface area contributed by atoms with Gasteiger partial charge >= 0.3 is 0 Å². The maximum atomic E-state index is 12.4. The van der Waals surface area contributed by atoms with Crippen molar-refractivity contribution in [2.24, 2.45) is 0 Å². The molecule has 0 spiro atoms. The Labute approximate surface area is 153 Å². The highest BCUT2D eigenvalue weighted by Gasteiger charge is 2.14. The lowest BCUT2D eigenvalue weighted by Crippen LogP contribution is -2.22.